The number of benzene rings is 2. The maximum absolute atomic E-state index is 12.7. The van der Waals surface area contributed by atoms with Crippen LogP contribution in [0.3, 0.4) is 0 Å². The van der Waals surface area contributed by atoms with Crippen molar-refractivity contribution >= 4 is 5.91 Å². The van der Waals surface area contributed by atoms with Crippen molar-refractivity contribution in [3.63, 3.8) is 0 Å². The second-order valence-corrected chi connectivity index (χ2v) is 6.91. The first-order valence-corrected chi connectivity index (χ1v) is 9.89. The summed E-state index contributed by atoms with van der Waals surface area (Å²) < 4.78 is 17.5. The van der Waals surface area contributed by atoms with Gasteiger partial charge in [0.25, 0.3) is 0 Å². The van der Waals surface area contributed by atoms with E-state index in [2.05, 4.69) is 4.98 Å². The van der Waals surface area contributed by atoms with E-state index in [4.69, 9.17) is 13.9 Å². The number of carbonyl (C=O) groups excluding carboxylic acids is 1. The van der Waals surface area contributed by atoms with E-state index in [1.54, 1.807) is 11.1 Å². The van der Waals surface area contributed by atoms with Crippen LogP contribution in [0.1, 0.15) is 19.2 Å². The van der Waals surface area contributed by atoms with Crippen molar-refractivity contribution in [1.82, 2.24) is 9.88 Å². The van der Waals surface area contributed by atoms with Crippen LogP contribution in [0, 0.1) is 0 Å². The van der Waals surface area contributed by atoms with Gasteiger partial charge in [-0.25, -0.2) is 4.98 Å². The molecule has 1 unspecified atom stereocenters. The first-order valence-electron chi connectivity index (χ1n) is 9.89. The number of hydrogen-bond donors (Lipinski definition) is 0. The number of ether oxygens (including phenoxy) is 2. The molecule has 0 spiro atoms. The van der Waals surface area contributed by atoms with Gasteiger partial charge in [0.05, 0.1) is 12.7 Å². The number of nitrogens with zero attached hydrogens (tertiary/aromatic N) is 2. The quantitative estimate of drug-likeness (QED) is 0.609. The summed E-state index contributed by atoms with van der Waals surface area (Å²) in [5, 5.41) is 0. The Morgan fingerprint density at radius 1 is 1.10 bits per heavy atom. The summed E-state index contributed by atoms with van der Waals surface area (Å²) >= 11 is 0. The lowest BCUT2D eigenvalue weighted by molar-refractivity contribution is -0.132. The van der Waals surface area contributed by atoms with Crippen LogP contribution in [0.2, 0.25) is 0 Å². The first kappa shape index (κ1) is 19.1. The minimum absolute atomic E-state index is 0.0504. The Labute approximate surface area is 170 Å². The van der Waals surface area contributed by atoms with Crippen LogP contribution in [-0.4, -0.2) is 41.6 Å². The Kier molecular flexibility index (Phi) is 5.79. The molecule has 0 N–H and O–H groups in total. The highest BCUT2D eigenvalue weighted by atomic mass is 16.6. The summed E-state index contributed by atoms with van der Waals surface area (Å²) in [7, 11) is 0. The molecular weight excluding hydrogens is 368 g/mol. The predicted molar refractivity (Wildman–Crippen MR) is 109 cm³/mol. The van der Waals surface area contributed by atoms with Crippen LogP contribution in [0.5, 0.6) is 11.5 Å². The molecule has 0 aliphatic carbocycles. The molecule has 3 aromatic rings. The average Bonchev–Trinajstić information content (AvgIpc) is 3.25. The largest absolute Gasteiger partial charge is 0.486 e. The summed E-state index contributed by atoms with van der Waals surface area (Å²) in [4.78, 5) is 18.8. The smallest absolute Gasteiger partial charge is 0.223 e. The van der Waals surface area contributed by atoms with Crippen molar-refractivity contribution in [1.29, 1.82) is 0 Å². The van der Waals surface area contributed by atoms with Crippen molar-refractivity contribution in [2.75, 3.05) is 19.7 Å². The first-order chi connectivity index (χ1) is 14.2. The Bertz CT molecular complexity index is 954. The van der Waals surface area contributed by atoms with Gasteiger partial charge < -0.3 is 18.8 Å². The van der Waals surface area contributed by atoms with Crippen LogP contribution >= 0.6 is 0 Å². The van der Waals surface area contributed by atoms with Gasteiger partial charge >= 0.3 is 0 Å². The summed E-state index contributed by atoms with van der Waals surface area (Å²) in [6, 6.07) is 17.4. The number of fused-ring (bicyclic) bond motifs is 1. The lowest BCUT2D eigenvalue weighted by atomic mass is 10.2. The van der Waals surface area contributed by atoms with Gasteiger partial charge in [0.2, 0.25) is 5.91 Å². The molecule has 0 fully saturated rings. The van der Waals surface area contributed by atoms with Crippen LogP contribution in [0.15, 0.2) is 65.2 Å². The van der Waals surface area contributed by atoms with Gasteiger partial charge in [-0.1, -0.05) is 42.5 Å². The van der Waals surface area contributed by atoms with E-state index in [-0.39, 0.29) is 12.0 Å². The topological polar surface area (TPSA) is 64.8 Å². The third-order valence-electron chi connectivity index (χ3n) is 4.89. The Balaban J connectivity index is 1.31. The number of para-hydroxylation sites is 2. The zero-order valence-corrected chi connectivity index (χ0v) is 16.4. The number of oxazole rings is 1. The summed E-state index contributed by atoms with van der Waals surface area (Å²) in [6.07, 6.45) is 2.33. The molecular formula is C23H24N2O4. The monoisotopic (exact) mass is 392 g/mol. The second-order valence-electron chi connectivity index (χ2n) is 6.91. The number of rotatable bonds is 7. The molecule has 0 saturated carbocycles. The molecule has 6 heteroatoms. The highest BCUT2D eigenvalue weighted by Crippen LogP contribution is 2.31. The van der Waals surface area contributed by atoms with Crippen molar-refractivity contribution < 1.29 is 18.7 Å². The normalized spacial score (nSPS) is 15.1. The molecule has 1 aromatic heterocycles. The van der Waals surface area contributed by atoms with E-state index >= 15 is 0 Å². The number of hydrogen-bond acceptors (Lipinski definition) is 5. The van der Waals surface area contributed by atoms with E-state index in [1.165, 1.54) is 0 Å². The fourth-order valence-corrected chi connectivity index (χ4v) is 3.34. The highest BCUT2D eigenvalue weighted by molar-refractivity contribution is 5.76. The molecule has 1 atom stereocenters. The standard InChI is InChI=1S/C23H24N2O4/c1-2-25(15-18-16-27-19-10-6-7-11-20(19)28-18)23(26)13-12-22-24-14-21(29-22)17-8-4-3-5-9-17/h3-11,14,18H,2,12-13,15-16H2,1H3. The van der Waals surface area contributed by atoms with E-state index in [0.717, 1.165) is 17.1 Å². The zero-order chi connectivity index (χ0) is 20.1. The number of aryl methyl sites for hydroxylation is 1. The molecule has 6 nitrogen and oxygen atoms in total. The minimum Gasteiger partial charge on any atom is -0.486 e. The Morgan fingerprint density at radius 2 is 1.86 bits per heavy atom. The molecule has 1 aliphatic rings. The SMILES string of the molecule is CCN(CC1COc2ccccc2O1)C(=O)CCc1ncc(-c2ccccc2)o1. The fraction of sp³-hybridized carbons (Fsp3) is 0.304. The third-order valence-corrected chi connectivity index (χ3v) is 4.89. The molecule has 2 heterocycles. The van der Waals surface area contributed by atoms with E-state index in [1.807, 2.05) is 61.5 Å². The summed E-state index contributed by atoms with van der Waals surface area (Å²) in [5.41, 5.74) is 0.975. The Hall–Kier alpha value is -3.28. The van der Waals surface area contributed by atoms with Gasteiger partial charge in [0.1, 0.15) is 6.61 Å². The van der Waals surface area contributed by atoms with Crippen LogP contribution < -0.4 is 9.47 Å². The van der Waals surface area contributed by atoms with Gasteiger partial charge in [-0.2, -0.15) is 0 Å². The lowest BCUT2D eigenvalue weighted by Gasteiger charge is -2.30. The van der Waals surface area contributed by atoms with Gasteiger partial charge in [0.15, 0.2) is 29.3 Å². The Morgan fingerprint density at radius 3 is 2.66 bits per heavy atom. The molecule has 1 aliphatic heterocycles. The molecule has 29 heavy (non-hydrogen) atoms. The van der Waals surface area contributed by atoms with E-state index in [9.17, 15) is 4.79 Å². The van der Waals surface area contributed by atoms with Gasteiger partial charge in [-0.05, 0) is 19.1 Å². The van der Waals surface area contributed by atoms with Crippen molar-refractivity contribution in [2.24, 2.45) is 0 Å². The molecule has 0 bridgehead atoms. The highest BCUT2D eigenvalue weighted by Gasteiger charge is 2.24. The minimum atomic E-state index is -0.180. The number of carbonyl (C=O) groups is 1. The zero-order valence-electron chi connectivity index (χ0n) is 16.4. The third kappa shape index (κ3) is 4.59. The predicted octanol–water partition coefficient (Wildman–Crippen LogP) is 3.96. The van der Waals surface area contributed by atoms with Gasteiger partial charge in [-0.3, -0.25) is 4.79 Å². The maximum atomic E-state index is 12.7. The molecule has 2 aromatic carbocycles. The number of aromatic nitrogens is 1. The second kappa shape index (κ2) is 8.82. The molecule has 1 amide bonds. The molecule has 4 rings (SSSR count). The van der Waals surface area contributed by atoms with Crippen molar-refractivity contribution in [3.8, 4) is 22.8 Å². The molecule has 150 valence electrons. The number of amides is 1. The van der Waals surface area contributed by atoms with Crippen molar-refractivity contribution in [2.45, 2.75) is 25.9 Å². The van der Waals surface area contributed by atoms with Crippen LogP contribution in [-0.2, 0) is 11.2 Å². The molecule has 0 saturated heterocycles. The summed E-state index contributed by atoms with van der Waals surface area (Å²) in [5.74, 6) is 2.80. The average molecular weight is 392 g/mol. The van der Waals surface area contributed by atoms with Crippen molar-refractivity contribution in [3.05, 3.63) is 66.7 Å². The van der Waals surface area contributed by atoms with Crippen LogP contribution in [0.25, 0.3) is 11.3 Å². The fourth-order valence-electron chi connectivity index (χ4n) is 3.34. The lowest BCUT2D eigenvalue weighted by Crippen LogP contribution is -2.43. The van der Waals surface area contributed by atoms with Gasteiger partial charge in [0, 0.05) is 24.9 Å². The molecule has 0 radical (unpaired) electrons. The maximum Gasteiger partial charge on any atom is 0.223 e. The van der Waals surface area contributed by atoms with E-state index in [0.29, 0.717) is 44.2 Å². The number of likely N-dealkylation sites (N-methyl/N-ethyl adjacent to an activating group) is 1. The van der Waals surface area contributed by atoms with Crippen LogP contribution in [0.4, 0.5) is 0 Å². The summed E-state index contributed by atoms with van der Waals surface area (Å²) in [6.45, 7) is 3.50. The van der Waals surface area contributed by atoms with Gasteiger partial charge in [-0.15, -0.1) is 0 Å². The van der Waals surface area contributed by atoms with E-state index < -0.39 is 0 Å².